The third-order valence-electron chi connectivity index (χ3n) is 3.09. The van der Waals surface area contributed by atoms with Crippen molar-refractivity contribution in [3.63, 3.8) is 0 Å². The third kappa shape index (κ3) is 1.82. The lowest BCUT2D eigenvalue weighted by molar-refractivity contribution is 0.0725. The van der Waals surface area contributed by atoms with Gasteiger partial charge in [-0.05, 0) is 18.1 Å². The van der Waals surface area contributed by atoms with E-state index in [4.69, 9.17) is 11.7 Å². The van der Waals surface area contributed by atoms with Gasteiger partial charge in [-0.25, -0.2) is 0 Å². The van der Waals surface area contributed by atoms with Crippen molar-refractivity contribution in [2.75, 3.05) is 0 Å². The van der Waals surface area contributed by atoms with Gasteiger partial charge in [0.15, 0.2) is 5.78 Å². The van der Waals surface area contributed by atoms with E-state index in [1.807, 2.05) is 12.1 Å². The van der Waals surface area contributed by atoms with Gasteiger partial charge in [-0.3, -0.25) is 4.79 Å². The molecule has 0 radical (unpaired) electrons. The van der Waals surface area contributed by atoms with Gasteiger partial charge in [0.25, 0.3) is 0 Å². The smallest absolute Gasteiger partial charge is 0.170 e. The maximum Gasteiger partial charge on any atom is 0.170 e. The largest absolute Gasteiger partial charge is 0.391 e. The van der Waals surface area contributed by atoms with Crippen molar-refractivity contribution < 1.29 is 9.90 Å². The molecule has 2 rings (SSSR count). The summed E-state index contributed by atoms with van der Waals surface area (Å²) >= 11 is 0. The highest BCUT2D eigenvalue weighted by Crippen LogP contribution is 2.31. The standard InChI is InChI=1S/C14H11NO2/c1-2-4-12(16)11-7-9-5-3-6-10(8-15)13(9)14(11)17/h1,3,5-6,11-12,16H,4,7H2. The van der Waals surface area contributed by atoms with Crippen LogP contribution in [-0.4, -0.2) is 17.0 Å². The molecule has 1 aliphatic rings. The van der Waals surface area contributed by atoms with Crippen molar-refractivity contribution in [2.45, 2.75) is 18.9 Å². The van der Waals surface area contributed by atoms with Crippen LogP contribution in [0.25, 0.3) is 0 Å². The molecule has 0 spiro atoms. The van der Waals surface area contributed by atoms with E-state index in [2.05, 4.69) is 5.92 Å². The molecule has 0 heterocycles. The zero-order valence-electron chi connectivity index (χ0n) is 9.18. The van der Waals surface area contributed by atoms with Crippen LogP contribution in [0.3, 0.4) is 0 Å². The predicted molar refractivity (Wildman–Crippen MR) is 62.1 cm³/mol. The van der Waals surface area contributed by atoms with Crippen molar-refractivity contribution in [2.24, 2.45) is 5.92 Å². The molecule has 0 fully saturated rings. The molecule has 0 saturated carbocycles. The van der Waals surface area contributed by atoms with Gasteiger partial charge in [-0.1, -0.05) is 12.1 Å². The summed E-state index contributed by atoms with van der Waals surface area (Å²) < 4.78 is 0. The van der Waals surface area contributed by atoms with E-state index in [-0.39, 0.29) is 12.2 Å². The van der Waals surface area contributed by atoms with Crippen molar-refractivity contribution in [3.8, 4) is 18.4 Å². The summed E-state index contributed by atoms with van der Waals surface area (Å²) in [4.78, 5) is 12.1. The second-order valence-corrected chi connectivity index (χ2v) is 4.10. The number of fused-ring (bicyclic) bond motifs is 1. The Morgan fingerprint density at radius 1 is 1.59 bits per heavy atom. The van der Waals surface area contributed by atoms with Gasteiger partial charge < -0.3 is 5.11 Å². The fourth-order valence-corrected chi connectivity index (χ4v) is 2.24. The fraction of sp³-hybridized carbons (Fsp3) is 0.286. The van der Waals surface area contributed by atoms with E-state index >= 15 is 0 Å². The zero-order chi connectivity index (χ0) is 12.4. The van der Waals surface area contributed by atoms with Crippen molar-refractivity contribution in [3.05, 3.63) is 34.9 Å². The Bertz CT molecular complexity index is 548. The van der Waals surface area contributed by atoms with E-state index in [1.54, 1.807) is 12.1 Å². The maximum absolute atomic E-state index is 12.1. The van der Waals surface area contributed by atoms with E-state index < -0.39 is 12.0 Å². The summed E-state index contributed by atoms with van der Waals surface area (Å²) in [6.45, 7) is 0. The van der Waals surface area contributed by atoms with Crippen LogP contribution in [0, 0.1) is 29.6 Å². The minimum atomic E-state index is -0.827. The summed E-state index contributed by atoms with van der Waals surface area (Å²) in [5, 5.41) is 18.8. The Balaban J connectivity index is 2.38. The molecule has 0 amide bonds. The first kappa shape index (κ1) is 11.4. The third-order valence-corrected chi connectivity index (χ3v) is 3.09. The number of hydrogen-bond donors (Lipinski definition) is 1. The van der Waals surface area contributed by atoms with Gasteiger partial charge >= 0.3 is 0 Å². The molecule has 3 nitrogen and oxygen atoms in total. The Kier molecular flexibility index (Phi) is 2.95. The second kappa shape index (κ2) is 4.41. The number of nitrogens with zero attached hydrogens (tertiary/aromatic N) is 1. The maximum atomic E-state index is 12.1. The topological polar surface area (TPSA) is 61.1 Å². The van der Waals surface area contributed by atoms with Crippen molar-refractivity contribution in [1.82, 2.24) is 0 Å². The molecule has 1 aromatic rings. The van der Waals surface area contributed by atoms with Gasteiger partial charge in [0, 0.05) is 12.0 Å². The number of Topliss-reactive ketones (excluding diaryl/α,β-unsaturated/α-hetero) is 1. The number of ketones is 1. The van der Waals surface area contributed by atoms with Gasteiger partial charge in [0.2, 0.25) is 0 Å². The first-order chi connectivity index (χ1) is 8.19. The number of rotatable bonds is 2. The molecule has 17 heavy (non-hydrogen) atoms. The summed E-state index contributed by atoms with van der Waals surface area (Å²) in [6.07, 6.45) is 4.93. The van der Waals surface area contributed by atoms with Crippen molar-refractivity contribution in [1.29, 1.82) is 5.26 Å². The summed E-state index contributed by atoms with van der Waals surface area (Å²) in [6, 6.07) is 7.19. The Hall–Kier alpha value is -2.10. The lowest BCUT2D eigenvalue weighted by Crippen LogP contribution is -2.25. The highest BCUT2D eigenvalue weighted by Gasteiger charge is 2.36. The van der Waals surface area contributed by atoms with Crippen LogP contribution in [-0.2, 0) is 6.42 Å². The van der Waals surface area contributed by atoms with Crippen LogP contribution in [0.1, 0.15) is 27.9 Å². The van der Waals surface area contributed by atoms with E-state index in [1.165, 1.54) is 0 Å². The molecule has 1 aliphatic carbocycles. The van der Waals surface area contributed by atoms with Crippen LogP contribution < -0.4 is 0 Å². The van der Waals surface area contributed by atoms with Crippen LogP contribution >= 0.6 is 0 Å². The summed E-state index contributed by atoms with van der Waals surface area (Å²) in [5.74, 6) is 1.68. The highest BCUT2D eigenvalue weighted by atomic mass is 16.3. The van der Waals surface area contributed by atoms with Gasteiger partial charge in [0.1, 0.15) is 0 Å². The van der Waals surface area contributed by atoms with Gasteiger partial charge in [-0.15, -0.1) is 12.3 Å². The number of aliphatic hydroxyl groups is 1. The van der Waals surface area contributed by atoms with Crippen LogP contribution in [0.2, 0.25) is 0 Å². The molecule has 1 aromatic carbocycles. The fourth-order valence-electron chi connectivity index (χ4n) is 2.24. The average molecular weight is 225 g/mol. The van der Waals surface area contributed by atoms with Crippen LogP contribution in [0.4, 0.5) is 0 Å². The lowest BCUT2D eigenvalue weighted by Gasteiger charge is -2.13. The molecule has 0 saturated heterocycles. The second-order valence-electron chi connectivity index (χ2n) is 4.10. The number of terminal acetylenes is 1. The molecule has 0 aliphatic heterocycles. The lowest BCUT2D eigenvalue weighted by atomic mass is 9.95. The first-order valence-electron chi connectivity index (χ1n) is 5.36. The van der Waals surface area contributed by atoms with Crippen LogP contribution in [0.15, 0.2) is 18.2 Å². The Morgan fingerprint density at radius 2 is 2.35 bits per heavy atom. The molecular formula is C14H11NO2. The normalized spacial score (nSPS) is 19.2. The first-order valence-corrected chi connectivity index (χ1v) is 5.36. The molecule has 84 valence electrons. The minimum Gasteiger partial charge on any atom is -0.391 e. The van der Waals surface area contributed by atoms with Gasteiger partial charge in [-0.2, -0.15) is 5.26 Å². The average Bonchev–Trinajstić information content (AvgIpc) is 2.67. The molecule has 1 N–H and O–H groups in total. The minimum absolute atomic E-state index is 0.159. The SMILES string of the molecule is C#CCC(O)C1Cc2cccc(C#N)c2C1=O. The van der Waals surface area contributed by atoms with E-state index in [0.717, 1.165) is 5.56 Å². The quantitative estimate of drug-likeness (QED) is 0.772. The highest BCUT2D eigenvalue weighted by molar-refractivity contribution is 6.04. The number of aliphatic hydroxyl groups excluding tert-OH is 1. The molecule has 2 atom stereocenters. The molecular weight excluding hydrogens is 214 g/mol. The van der Waals surface area contributed by atoms with Crippen LogP contribution in [0.5, 0.6) is 0 Å². The Labute approximate surface area is 99.7 Å². The predicted octanol–water partition coefficient (Wildman–Crippen LogP) is 1.30. The number of benzene rings is 1. The number of nitriles is 1. The number of carbonyl (C=O) groups excluding carboxylic acids is 1. The Morgan fingerprint density at radius 3 is 3.00 bits per heavy atom. The zero-order valence-corrected chi connectivity index (χ0v) is 9.18. The summed E-state index contributed by atoms with van der Waals surface area (Å²) in [5.41, 5.74) is 1.66. The molecule has 2 unspecified atom stereocenters. The monoisotopic (exact) mass is 225 g/mol. The number of carbonyl (C=O) groups is 1. The van der Waals surface area contributed by atoms with Crippen molar-refractivity contribution >= 4 is 5.78 Å². The molecule has 0 aromatic heterocycles. The molecule has 3 heteroatoms. The van der Waals surface area contributed by atoms with E-state index in [9.17, 15) is 9.90 Å². The van der Waals surface area contributed by atoms with Gasteiger partial charge in [0.05, 0.1) is 23.7 Å². The summed E-state index contributed by atoms with van der Waals surface area (Å²) in [7, 11) is 0. The number of hydrogen-bond acceptors (Lipinski definition) is 3. The van der Waals surface area contributed by atoms with E-state index in [0.29, 0.717) is 17.5 Å². The molecule has 0 bridgehead atoms.